The van der Waals surface area contributed by atoms with Crippen LogP contribution in [0, 0.1) is 11.8 Å². The van der Waals surface area contributed by atoms with E-state index in [1.807, 2.05) is 33.8 Å². The van der Waals surface area contributed by atoms with E-state index >= 15 is 0 Å². The van der Waals surface area contributed by atoms with Crippen molar-refractivity contribution in [2.24, 2.45) is 11.8 Å². The molecule has 128 valence electrons. The van der Waals surface area contributed by atoms with E-state index in [9.17, 15) is 4.79 Å². The Bertz CT molecular complexity index is 945. The van der Waals surface area contributed by atoms with Crippen LogP contribution in [-0.4, -0.2) is 48.9 Å². The van der Waals surface area contributed by atoms with E-state index in [0.29, 0.717) is 29.4 Å². The molecule has 3 atom stereocenters. The van der Waals surface area contributed by atoms with Crippen molar-refractivity contribution in [3.05, 3.63) is 47.5 Å². The van der Waals surface area contributed by atoms with Gasteiger partial charge in [-0.1, -0.05) is 25.1 Å². The lowest BCUT2D eigenvalue weighted by molar-refractivity contribution is 0.0766. The van der Waals surface area contributed by atoms with Gasteiger partial charge in [0.15, 0.2) is 0 Å². The molecule has 3 aromatic rings. The van der Waals surface area contributed by atoms with Gasteiger partial charge in [0.25, 0.3) is 5.91 Å². The van der Waals surface area contributed by atoms with Crippen molar-refractivity contribution in [2.45, 2.75) is 25.7 Å². The standard InChI is InChI=1S/C18H20N6O/c1-10(2)13-7-14(20-19-13)18(25)23-8-11-12(9-23)16(11)17-15-5-3-4-6-24(15)22-21-17/h3-7,10-12,16H,8-9H2,1-2H3,(H,19,20)/t11-,12+,16?. The van der Waals surface area contributed by atoms with E-state index < -0.39 is 0 Å². The van der Waals surface area contributed by atoms with Crippen molar-refractivity contribution in [3.63, 3.8) is 0 Å². The summed E-state index contributed by atoms with van der Waals surface area (Å²) in [5.74, 6) is 1.78. The molecule has 2 fully saturated rings. The molecule has 3 aromatic heterocycles. The molecule has 5 rings (SSSR count). The Morgan fingerprint density at radius 3 is 2.80 bits per heavy atom. The van der Waals surface area contributed by atoms with Gasteiger partial charge in [-0.15, -0.1) is 5.10 Å². The number of pyridine rings is 1. The average molecular weight is 336 g/mol. The number of aromatic nitrogens is 5. The molecule has 0 spiro atoms. The maximum absolute atomic E-state index is 12.7. The first-order chi connectivity index (χ1) is 12.1. The van der Waals surface area contributed by atoms with Crippen molar-refractivity contribution in [2.75, 3.05) is 13.1 Å². The highest BCUT2D eigenvalue weighted by Crippen LogP contribution is 2.58. The number of fused-ring (bicyclic) bond motifs is 2. The summed E-state index contributed by atoms with van der Waals surface area (Å²) in [4.78, 5) is 14.6. The predicted octanol–water partition coefficient (Wildman–Crippen LogP) is 2.06. The molecule has 1 N–H and O–H groups in total. The Morgan fingerprint density at radius 2 is 2.08 bits per heavy atom. The Morgan fingerprint density at radius 1 is 1.28 bits per heavy atom. The van der Waals surface area contributed by atoms with Gasteiger partial charge < -0.3 is 4.90 Å². The van der Waals surface area contributed by atoms with Gasteiger partial charge in [0.2, 0.25) is 0 Å². The second-order valence-electron chi connectivity index (χ2n) is 7.43. The van der Waals surface area contributed by atoms with Crippen molar-refractivity contribution in [1.82, 2.24) is 29.9 Å². The SMILES string of the molecule is CC(C)c1cc(C(=O)N2C[C@@H]3C(c4nnn5ccccc45)[C@@H]3C2)n[nH]1. The summed E-state index contributed by atoms with van der Waals surface area (Å²) in [7, 11) is 0. The normalized spacial score (nSPS) is 24.9. The van der Waals surface area contributed by atoms with Gasteiger partial charge in [-0.3, -0.25) is 9.89 Å². The number of H-pyrrole nitrogens is 1. The highest BCUT2D eigenvalue weighted by molar-refractivity contribution is 5.92. The second-order valence-corrected chi connectivity index (χ2v) is 7.43. The molecule has 1 unspecified atom stereocenters. The first-order valence-electron chi connectivity index (χ1n) is 8.78. The van der Waals surface area contributed by atoms with Crippen LogP contribution in [0.3, 0.4) is 0 Å². The second kappa shape index (κ2) is 5.15. The van der Waals surface area contributed by atoms with Crippen molar-refractivity contribution in [3.8, 4) is 0 Å². The molecule has 1 amide bonds. The van der Waals surface area contributed by atoms with Gasteiger partial charge in [0.05, 0.1) is 11.2 Å². The number of hydrogen-bond donors (Lipinski definition) is 1. The summed E-state index contributed by atoms with van der Waals surface area (Å²) < 4.78 is 1.82. The van der Waals surface area contributed by atoms with Gasteiger partial charge in [0.1, 0.15) is 5.69 Å². The third kappa shape index (κ3) is 2.18. The van der Waals surface area contributed by atoms with Gasteiger partial charge >= 0.3 is 0 Å². The van der Waals surface area contributed by atoms with Crippen LogP contribution >= 0.6 is 0 Å². The summed E-state index contributed by atoms with van der Waals surface area (Å²) >= 11 is 0. The number of amides is 1. The topological polar surface area (TPSA) is 79.2 Å². The van der Waals surface area contributed by atoms with Gasteiger partial charge in [-0.25, -0.2) is 4.52 Å². The number of nitrogens with zero attached hydrogens (tertiary/aromatic N) is 5. The number of carbonyl (C=O) groups excluding carboxylic acids is 1. The fraction of sp³-hybridized carbons (Fsp3) is 0.444. The average Bonchev–Trinajstić information content (AvgIpc) is 3.11. The van der Waals surface area contributed by atoms with E-state index in [1.165, 1.54) is 0 Å². The Labute approximate surface area is 145 Å². The molecule has 7 heteroatoms. The minimum absolute atomic E-state index is 0.0296. The smallest absolute Gasteiger partial charge is 0.274 e. The highest BCUT2D eigenvalue weighted by atomic mass is 16.2. The van der Waals surface area contributed by atoms with Crippen LogP contribution in [0.4, 0.5) is 0 Å². The zero-order chi connectivity index (χ0) is 17.1. The molecule has 4 heterocycles. The lowest BCUT2D eigenvalue weighted by Gasteiger charge is -2.18. The number of nitrogens with one attached hydrogen (secondary N) is 1. The van der Waals surface area contributed by atoms with Crippen LogP contribution in [0.2, 0.25) is 0 Å². The summed E-state index contributed by atoms with van der Waals surface area (Å²) in [6, 6.07) is 7.90. The third-order valence-corrected chi connectivity index (χ3v) is 5.59. The molecule has 1 aliphatic carbocycles. The van der Waals surface area contributed by atoms with Crippen molar-refractivity contribution >= 4 is 11.4 Å². The molecule has 0 bridgehead atoms. The maximum Gasteiger partial charge on any atom is 0.274 e. The molecule has 2 aliphatic rings. The molecular formula is C18H20N6O. The summed E-state index contributed by atoms with van der Waals surface area (Å²) in [5.41, 5.74) is 3.68. The fourth-order valence-electron chi connectivity index (χ4n) is 4.10. The van der Waals surface area contributed by atoms with Gasteiger partial charge in [-0.2, -0.15) is 5.10 Å². The van der Waals surface area contributed by atoms with E-state index in [0.717, 1.165) is 30.0 Å². The number of hydrogen-bond acceptors (Lipinski definition) is 4. The number of likely N-dealkylation sites (tertiary alicyclic amines) is 1. The third-order valence-electron chi connectivity index (χ3n) is 5.59. The quantitative estimate of drug-likeness (QED) is 0.794. The van der Waals surface area contributed by atoms with E-state index in [1.54, 1.807) is 0 Å². The lowest BCUT2D eigenvalue weighted by Crippen LogP contribution is -2.31. The number of aromatic amines is 1. The van der Waals surface area contributed by atoms with Crippen LogP contribution in [0.15, 0.2) is 30.5 Å². The van der Waals surface area contributed by atoms with Crippen LogP contribution in [-0.2, 0) is 0 Å². The highest BCUT2D eigenvalue weighted by Gasteiger charge is 2.59. The summed E-state index contributed by atoms with van der Waals surface area (Å²) in [6.07, 6.45) is 1.92. The minimum atomic E-state index is 0.0296. The number of piperidine rings is 1. The van der Waals surface area contributed by atoms with E-state index in [-0.39, 0.29) is 5.91 Å². The van der Waals surface area contributed by atoms with Crippen molar-refractivity contribution in [1.29, 1.82) is 0 Å². The van der Waals surface area contributed by atoms with Crippen molar-refractivity contribution < 1.29 is 4.79 Å². The van der Waals surface area contributed by atoms with Gasteiger partial charge in [-0.05, 0) is 36.0 Å². The van der Waals surface area contributed by atoms with E-state index in [4.69, 9.17) is 0 Å². The molecule has 7 nitrogen and oxygen atoms in total. The van der Waals surface area contributed by atoms with Crippen LogP contribution < -0.4 is 0 Å². The summed E-state index contributed by atoms with van der Waals surface area (Å²) in [6.45, 7) is 5.73. The molecule has 1 saturated heterocycles. The molecule has 0 aromatic carbocycles. The monoisotopic (exact) mass is 336 g/mol. The molecule has 25 heavy (non-hydrogen) atoms. The Balaban J connectivity index is 1.31. The molecular weight excluding hydrogens is 316 g/mol. The van der Waals surface area contributed by atoms with Crippen LogP contribution in [0.25, 0.3) is 5.52 Å². The van der Waals surface area contributed by atoms with Crippen LogP contribution in [0.1, 0.15) is 47.6 Å². The predicted molar refractivity (Wildman–Crippen MR) is 91.3 cm³/mol. The van der Waals surface area contributed by atoms with Gasteiger partial charge in [0, 0.05) is 30.9 Å². The largest absolute Gasteiger partial charge is 0.337 e. The van der Waals surface area contributed by atoms with Crippen LogP contribution in [0.5, 0.6) is 0 Å². The first kappa shape index (κ1) is 14.6. The molecule has 1 aliphatic heterocycles. The van der Waals surface area contributed by atoms with E-state index in [2.05, 4.69) is 40.4 Å². The lowest BCUT2D eigenvalue weighted by atomic mass is 10.1. The first-order valence-corrected chi connectivity index (χ1v) is 8.78. The fourth-order valence-corrected chi connectivity index (χ4v) is 4.10. The summed E-state index contributed by atoms with van der Waals surface area (Å²) in [5, 5.41) is 15.7. The Kier molecular flexibility index (Phi) is 3.01. The maximum atomic E-state index is 12.7. The Hall–Kier alpha value is -2.70. The molecule has 1 saturated carbocycles. The minimum Gasteiger partial charge on any atom is -0.337 e. The number of carbonyl (C=O) groups is 1. The number of rotatable bonds is 3. The molecule has 0 radical (unpaired) electrons. The zero-order valence-electron chi connectivity index (χ0n) is 14.3. The zero-order valence-corrected chi connectivity index (χ0v) is 14.3.